The van der Waals surface area contributed by atoms with E-state index in [9.17, 15) is 8.42 Å². The maximum Gasteiger partial charge on any atom is 0.261 e. The molecule has 0 atom stereocenters. The largest absolute Gasteiger partial charge is 0.489 e. The van der Waals surface area contributed by atoms with Crippen molar-refractivity contribution in [3.05, 3.63) is 48.0 Å². The number of nitrogens with one attached hydrogen (secondary N) is 1. The number of nitrogens with zero attached hydrogens (tertiary/aromatic N) is 1. The fraction of sp³-hybridized carbons (Fsp3) is 0.333. The number of likely N-dealkylation sites (N-methyl/N-ethyl adjacent to an activating group) is 1. The van der Waals surface area contributed by atoms with Crippen LogP contribution in [0, 0.1) is 0 Å². The Balaban J connectivity index is 1.84. The average Bonchev–Trinajstić information content (AvgIpc) is 2.54. The van der Waals surface area contributed by atoms with Crippen molar-refractivity contribution in [1.29, 1.82) is 0 Å². The van der Waals surface area contributed by atoms with E-state index in [1.807, 2.05) is 25.2 Å². The first kappa shape index (κ1) is 16.6. The molecule has 0 fully saturated rings. The molecule has 0 aromatic heterocycles. The third kappa shape index (κ3) is 3.33. The number of sulfonamides is 1. The van der Waals surface area contributed by atoms with Gasteiger partial charge >= 0.3 is 0 Å². The van der Waals surface area contributed by atoms with Crippen LogP contribution in [0.1, 0.15) is 25.3 Å². The second-order valence-corrected chi connectivity index (χ2v) is 7.96. The van der Waals surface area contributed by atoms with Gasteiger partial charge in [0.1, 0.15) is 12.4 Å². The summed E-state index contributed by atoms with van der Waals surface area (Å²) in [5.41, 5.74) is 2.57. The Hall–Kier alpha value is -2.21. The number of fused-ring (bicyclic) bond motifs is 1. The van der Waals surface area contributed by atoms with Crippen LogP contribution < -0.4 is 14.4 Å². The summed E-state index contributed by atoms with van der Waals surface area (Å²) < 4.78 is 33.3. The summed E-state index contributed by atoms with van der Waals surface area (Å²) in [7, 11) is -1.63. The maximum absolute atomic E-state index is 12.6. The standard InChI is InChI=1S/C18H22N2O3S/c1-13(2)14-4-7-16(8-5-14)24(21,22)19-15-6-9-17-18(12-15)23-11-10-20(17)3/h4-9,12-13,19H,10-11H2,1-3H3. The molecule has 6 heteroatoms. The van der Waals surface area contributed by atoms with Crippen molar-refractivity contribution >= 4 is 21.4 Å². The lowest BCUT2D eigenvalue weighted by Gasteiger charge is -2.28. The summed E-state index contributed by atoms with van der Waals surface area (Å²) in [4.78, 5) is 2.34. The minimum Gasteiger partial charge on any atom is -0.489 e. The lowest BCUT2D eigenvalue weighted by molar-refractivity contribution is 0.311. The molecule has 0 spiro atoms. The van der Waals surface area contributed by atoms with Gasteiger partial charge in [-0.1, -0.05) is 26.0 Å². The monoisotopic (exact) mass is 346 g/mol. The van der Waals surface area contributed by atoms with Gasteiger partial charge in [0.05, 0.1) is 22.8 Å². The van der Waals surface area contributed by atoms with Crippen LogP contribution in [0.4, 0.5) is 11.4 Å². The molecule has 24 heavy (non-hydrogen) atoms. The molecule has 1 aliphatic heterocycles. The summed E-state index contributed by atoms with van der Waals surface area (Å²) in [5.74, 6) is 1.06. The molecule has 2 aromatic rings. The molecule has 0 saturated carbocycles. The number of anilines is 2. The van der Waals surface area contributed by atoms with E-state index in [-0.39, 0.29) is 4.90 Å². The van der Waals surface area contributed by atoms with Crippen LogP contribution in [-0.4, -0.2) is 28.6 Å². The van der Waals surface area contributed by atoms with Crippen molar-refractivity contribution in [3.63, 3.8) is 0 Å². The zero-order valence-electron chi connectivity index (χ0n) is 14.1. The zero-order valence-corrected chi connectivity index (χ0v) is 14.9. The predicted octanol–water partition coefficient (Wildman–Crippen LogP) is 3.44. The van der Waals surface area contributed by atoms with Gasteiger partial charge in [-0.25, -0.2) is 8.42 Å². The first-order valence-electron chi connectivity index (χ1n) is 7.97. The molecular weight excluding hydrogens is 324 g/mol. The Morgan fingerprint density at radius 3 is 2.50 bits per heavy atom. The summed E-state index contributed by atoms with van der Waals surface area (Å²) in [5, 5.41) is 0. The molecule has 1 heterocycles. The number of rotatable bonds is 4. The Morgan fingerprint density at radius 1 is 1.12 bits per heavy atom. The minimum atomic E-state index is -3.62. The highest BCUT2D eigenvalue weighted by Crippen LogP contribution is 2.33. The van der Waals surface area contributed by atoms with Gasteiger partial charge in [0, 0.05) is 13.1 Å². The molecule has 2 aromatic carbocycles. The molecule has 0 unspecified atom stereocenters. The lowest BCUT2D eigenvalue weighted by atomic mass is 10.0. The average molecular weight is 346 g/mol. The van der Waals surface area contributed by atoms with Crippen molar-refractivity contribution < 1.29 is 13.2 Å². The lowest BCUT2D eigenvalue weighted by Crippen LogP contribution is -2.28. The predicted molar refractivity (Wildman–Crippen MR) is 96.5 cm³/mol. The highest BCUT2D eigenvalue weighted by atomic mass is 32.2. The number of benzene rings is 2. The molecule has 0 saturated heterocycles. The van der Waals surface area contributed by atoms with Crippen LogP contribution in [0.25, 0.3) is 0 Å². The van der Waals surface area contributed by atoms with Gasteiger partial charge in [-0.05, 0) is 35.7 Å². The first-order chi connectivity index (χ1) is 11.4. The van der Waals surface area contributed by atoms with Gasteiger partial charge < -0.3 is 9.64 Å². The molecule has 1 aliphatic rings. The Morgan fingerprint density at radius 2 is 1.83 bits per heavy atom. The highest BCUT2D eigenvalue weighted by Gasteiger charge is 2.18. The fourth-order valence-corrected chi connectivity index (χ4v) is 3.72. The maximum atomic E-state index is 12.6. The number of hydrogen-bond donors (Lipinski definition) is 1. The third-order valence-electron chi connectivity index (χ3n) is 4.16. The van der Waals surface area contributed by atoms with Crippen molar-refractivity contribution in [2.75, 3.05) is 29.8 Å². The molecule has 0 bridgehead atoms. The molecule has 3 rings (SSSR count). The second-order valence-electron chi connectivity index (χ2n) is 6.28. The van der Waals surface area contributed by atoms with Crippen molar-refractivity contribution in [3.8, 4) is 5.75 Å². The van der Waals surface area contributed by atoms with Crippen LogP contribution in [0.2, 0.25) is 0 Å². The highest BCUT2D eigenvalue weighted by molar-refractivity contribution is 7.92. The summed E-state index contributed by atoms with van der Waals surface area (Å²) >= 11 is 0. The quantitative estimate of drug-likeness (QED) is 0.921. The van der Waals surface area contributed by atoms with Crippen molar-refractivity contribution in [1.82, 2.24) is 0 Å². The van der Waals surface area contributed by atoms with Crippen LogP contribution in [0.5, 0.6) is 5.75 Å². The van der Waals surface area contributed by atoms with E-state index in [0.717, 1.165) is 17.8 Å². The van der Waals surface area contributed by atoms with E-state index in [0.29, 0.717) is 24.0 Å². The molecular formula is C18H22N2O3S. The molecule has 0 aliphatic carbocycles. The van der Waals surface area contributed by atoms with Gasteiger partial charge in [-0.3, -0.25) is 4.72 Å². The zero-order chi connectivity index (χ0) is 17.3. The minimum absolute atomic E-state index is 0.252. The van der Waals surface area contributed by atoms with Crippen molar-refractivity contribution in [2.24, 2.45) is 0 Å². The van der Waals surface area contributed by atoms with E-state index in [2.05, 4.69) is 23.5 Å². The van der Waals surface area contributed by atoms with E-state index in [4.69, 9.17) is 4.74 Å². The van der Waals surface area contributed by atoms with Crippen molar-refractivity contribution in [2.45, 2.75) is 24.7 Å². The van der Waals surface area contributed by atoms with Crippen LogP contribution in [0.15, 0.2) is 47.4 Å². The summed E-state index contributed by atoms with van der Waals surface area (Å²) in [6.45, 7) is 5.56. The van der Waals surface area contributed by atoms with Gasteiger partial charge in [0.25, 0.3) is 10.0 Å². The summed E-state index contributed by atoms with van der Waals surface area (Å²) in [6.07, 6.45) is 0. The van der Waals surface area contributed by atoms with Crippen LogP contribution in [0.3, 0.4) is 0 Å². The number of hydrogen-bond acceptors (Lipinski definition) is 4. The van der Waals surface area contributed by atoms with Crippen LogP contribution in [-0.2, 0) is 10.0 Å². The smallest absolute Gasteiger partial charge is 0.261 e. The Labute approximate surface area is 143 Å². The molecule has 0 radical (unpaired) electrons. The van der Waals surface area contributed by atoms with Crippen LogP contribution >= 0.6 is 0 Å². The summed E-state index contributed by atoms with van der Waals surface area (Å²) in [6, 6.07) is 12.3. The topological polar surface area (TPSA) is 58.6 Å². The number of ether oxygens (including phenoxy) is 1. The van der Waals surface area contributed by atoms with E-state index >= 15 is 0 Å². The van der Waals surface area contributed by atoms with Gasteiger partial charge in [-0.15, -0.1) is 0 Å². The molecule has 0 amide bonds. The fourth-order valence-electron chi connectivity index (χ4n) is 2.67. The molecule has 128 valence electrons. The SMILES string of the molecule is CC(C)c1ccc(S(=O)(=O)Nc2ccc3c(c2)OCCN3C)cc1. The Bertz CT molecular complexity index is 830. The van der Waals surface area contributed by atoms with E-state index in [1.54, 1.807) is 24.3 Å². The first-order valence-corrected chi connectivity index (χ1v) is 9.46. The van der Waals surface area contributed by atoms with Gasteiger partial charge in [0.15, 0.2) is 0 Å². The second kappa shape index (κ2) is 6.36. The van der Waals surface area contributed by atoms with Gasteiger partial charge in [-0.2, -0.15) is 0 Å². The third-order valence-corrected chi connectivity index (χ3v) is 5.56. The van der Waals surface area contributed by atoms with E-state index in [1.165, 1.54) is 0 Å². The molecule has 1 N–H and O–H groups in total. The van der Waals surface area contributed by atoms with E-state index < -0.39 is 10.0 Å². The van der Waals surface area contributed by atoms with Gasteiger partial charge in [0.2, 0.25) is 0 Å². The molecule has 5 nitrogen and oxygen atoms in total. The Kier molecular flexibility index (Phi) is 4.41. The normalized spacial score (nSPS) is 14.2.